The summed E-state index contributed by atoms with van der Waals surface area (Å²) >= 11 is 3.36. The molecule has 0 aliphatic rings. The van der Waals surface area contributed by atoms with Gasteiger partial charge in [0, 0.05) is 5.33 Å². The van der Waals surface area contributed by atoms with E-state index in [0.717, 1.165) is 29.8 Å². The van der Waals surface area contributed by atoms with Crippen LogP contribution in [0, 0.1) is 0 Å². The number of rotatable bonds is 7. The number of aromatic nitrogens is 1. The van der Waals surface area contributed by atoms with Crippen molar-refractivity contribution in [2.45, 2.75) is 37.9 Å². The third-order valence-electron chi connectivity index (χ3n) is 2.20. The van der Waals surface area contributed by atoms with E-state index < -0.39 is 0 Å². The van der Waals surface area contributed by atoms with Gasteiger partial charge in [-0.25, -0.2) is 0 Å². The maximum Gasteiger partial charge on any atom is 0.137 e. The Morgan fingerprint density at radius 3 is 2.73 bits per heavy atom. The Balaban J connectivity index is 2.20. The molecule has 0 aliphatic heterocycles. The summed E-state index contributed by atoms with van der Waals surface area (Å²) in [6, 6.07) is 3.96. The van der Waals surface area contributed by atoms with Gasteiger partial charge >= 0.3 is 0 Å². The van der Waals surface area contributed by atoms with Crippen molar-refractivity contribution in [3.63, 3.8) is 0 Å². The lowest BCUT2D eigenvalue weighted by Crippen LogP contribution is -1.98. The van der Waals surface area contributed by atoms with Crippen molar-refractivity contribution in [1.82, 2.24) is 4.98 Å². The second kappa shape index (κ2) is 7.69. The first-order valence-corrected chi connectivity index (χ1v) is 6.62. The largest absolute Gasteiger partial charge is 0.492 e. The summed E-state index contributed by atoms with van der Waals surface area (Å²) in [7, 11) is 0. The molecule has 2 nitrogen and oxygen atoms in total. The Kier molecular flexibility index (Phi) is 6.41. The van der Waals surface area contributed by atoms with Crippen LogP contribution in [0.15, 0.2) is 18.3 Å². The first kappa shape index (κ1) is 12.5. The first-order chi connectivity index (χ1) is 7.36. The average molecular weight is 272 g/mol. The molecule has 1 rings (SSSR count). The van der Waals surface area contributed by atoms with Gasteiger partial charge in [-0.05, 0) is 18.6 Å². The molecule has 3 heteroatoms. The van der Waals surface area contributed by atoms with Crippen LogP contribution in [0.5, 0.6) is 5.75 Å². The van der Waals surface area contributed by atoms with Gasteiger partial charge in [-0.3, -0.25) is 4.98 Å². The maximum atomic E-state index is 5.57. The zero-order valence-electron chi connectivity index (χ0n) is 9.21. The number of alkyl halides is 1. The summed E-state index contributed by atoms with van der Waals surface area (Å²) in [5, 5.41) is 0.795. The van der Waals surface area contributed by atoms with Crippen LogP contribution in [0.2, 0.25) is 0 Å². The van der Waals surface area contributed by atoms with Gasteiger partial charge in [0.05, 0.1) is 18.5 Å². The van der Waals surface area contributed by atoms with Crippen LogP contribution in [0.1, 0.15) is 38.3 Å². The number of unbranched alkanes of at least 4 members (excludes halogenated alkanes) is 3. The average Bonchev–Trinajstić information content (AvgIpc) is 2.30. The summed E-state index contributed by atoms with van der Waals surface area (Å²) in [6.45, 7) is 3.01. The van der Waals surface area contributed by atoms with E-state index in [2.05, 4.69) is 27.8 Å². The van der Waals surface area contributed by atoms with Crippen molar-refractivity contribution < 1.29 is 4.74 Å². The van der Waals surface area contributed by atoms with Crippen molar-refractivity contribution >= 4 is 15.9 Å². The Hall–Kier alpha value is -0.570. The molecule has 0 fully saturated rings. The number of hydrogen-bond acceptors (Lipinski definition) is 2. The van der Waals surface area contributed by atoms with Crippen LogP contribution in [0.4, 0.5) is 0 Å². The molecule has 1 aromatic heterocycles. The van der Waals surface area contributed by atoms with Crippen LogP contribution in [0.25, 0.3) is 0 Å². The van der Waals surface area contributed by atoms with Crippen LogP contribution in [-0.4, -0.2) is 11.6 Å². The summed E-state index contributed by atoms with van der Waals surface area (Å²) in [5.41, 5.74) is 1.04. The minimum atomic E-state index is 0.795. The standard InChI is InChI=1S/C12H18BrNO/c1-2-3-4-5-8-15-12-7-6-11(9-13)14-10-12/h6-7,10H,2-5,8-9H2,1H3. The fourth-order valence-electron chi connectivity index (χ4n) is 1.29. The third kappa shape index (κ3) is 5.17. The van der Waals surface area contributed by atoms with E-state index >= 15 is 0 Å². The number of ether oxygens (including phenoxy) is 1. The van der Waals surface area contributed by atoms with Crippen molar-refractivity contribution in [1.29, 1.82) is 0 Å². The van der Waals surface area contributed by atoms with Gasteiger partial charge in [0.1, 0.15) is 5.75 Å². The highest BCUT2D eigenvalue weighted by Crippen LogP contribution is 2.11. The van der Waals surface area contributed by atoms with Gasteiger partial charge < -0.3 is 4.74 Å². The molecule has 0 amide bonds. The molecule has 0 saturated carbocycles. The minimum Gasteiger partial charge on any atom is -0.492 e. The Labute approximate surface area is 100 Å². The zero-order valence-corrected chi connectivity index (χ0v) is 10.8. The highest BCUT2D eigenvalue weighted by molar-refractivity contribution is 9.08. The first-order valence-electron chi connectivity index (χ1n) is 5.50. The molecule has 0 unspecified atom stereocenters. The second-order valence-electron chi connectivity index (χ2n) is 3.53. The Morgan fingerprint density at radius 1 is 1.27 bits per heavy atom. The predicted molar refractivity (Wildman–Crippen MR) is 66.5 cm³/mol. The molecule has 84 valence electrons. The molecule has 0 aliphatic carbocycles. The van der Waals surface area contributed by atoms with Gasteiger partial charge in [0.25, 0.3) is 0 Å². The van der Waals surface area contributed by atoms with E-state index in [1.807, 2.05) is 12.1 Å². The molecule has 1 aromatic rings. The Morgan fingerprint density at radius 2 is 2.13 bits per heavy atom. The molecule has 0 atom stereocenters. The van der Waals surface area contributed by atoms with Gasteiger partial charge in [0.2, 0.25) is 0 Å². The maximum absolute atomic E-state index is 5.57. The summed E-state index contributed by atoms with van der Waals surface area (Å²) in [6.07, 6.45) is 6.74. The zero-order chi connectivity index (χ0) is 10.9. The lowest BCUT2D eigenvalue weighted by Gasteiger charge is -2.05. The smallest absolute Gasteiger partial charge is 0.137 e. The molecule has 0 bridgehead atoms. The van der Waals surface area contributed by atoms with E-state index in [1.165, 1.54) is 19.3 Å². The number of nitrogens with zero attached hydrogens (tertiary/aromatic N) is 1. The fourth-order valence-corrected chi connectivity index (χ4v) is 1.63. The molecule has 0 spiro atoms. The highest BCUT2D eigenvalue weighted by Gasteiger charge is 1.95. The summed E-state index contributed by atoms with van der Waals surface area (Å²) < 4.78 is 5.57. The van der Waals surface area contributed by atoms with Gasteiger partial charge in [-0.15, -0.1) is 0 Å². The summed E-state index contributed by atoms with van der Waals surface area (Å²) in [5.74, 6) is 0.871. The van der Waals surface area contributed by atoms with E-state index in [0.29, 0.717) is 0 Å². The van der Waals surface area contributed by atoms with Crippen LogP contribution in [-0.2, 0) is 5.33 Å². The molecular weight excluding hydrogens is 254 g/mol. The van der Waals surface area contributed by atoms with Gasteiger partial charge in [0.15, 0.2) is 0 Å². The highest BCUT2D eigenvalue weighted by atomic mass is 79.9. The number of halogens is 1. The predicted octanol–water partition coefficient (Wildman–Crippen LogP) is 3.94. The fraction of sp³-hybridized carbons (Fsp3) is 0.583. The van der Waals surface area contributed by atoms with Crippen LogP contribution >= 0.6 is 15.9 Å². The van der Waals surface area contributed by atoms with E-state index in [4.69, 9.17) is 4.74 Å². The van der Waals surface area contributed by atoms with E-state index in [9.17, 15) is 0 Å². The molecule has 15 heavy (non-hydrogen) atoms. The van der Waals surface area contributed by atoms with Crippen LogP contribution in [0.3, 0.4) is 0 Å². The van der Waals surface area contributed by atoms with Crippen molar-refractivity contribution in [3.8, 4) is 5.75 Å². The normalized spacial score (nSPS) is 10.3. The number of hydrogen-bond donors (Lipinski definition) is 0. The van der Waals surface area contributed by atoms with Crippen LogP contribution < -0.4 is 4.74 Å². The lowest BCUT2D eigenvalue weighted by atomic mass is 10.2. The molecule has 0 aromatic carbocycles. The van der Waals surface area contributed by atoms with E-state index in [1.54, 1.807) is 6.20 Å². The SMILES string of the molecule is CCCCCCOc1ccc(CBr)nc1. The number of pyridine rings is 1. The topological polar surface area (TPSA) is 22.1 Å². The lowest BCUT2D eigenvalue weighted by molar-refractivity contribution is 0.304. The van der Waals surface area contributed by atoms with E-state index in [-0.39, 0.29) is 0 Å². The van der Waals surface area contributed by atoms with Crippen molar-refractivity contribution in [2.75, 3.05) is 6.61 Å². The molecule has 0 radical (unpaired) electrons. The molecule has 0 saturated heterocycles. The second-order valence-corrected chi connectivity index (χ2v) is 4.09. The minimum absolute atomic E-state index is 0.795. The molecule has 0 N–H and O–H groups in total. The van der Waals surface area contributed by atoms with Crippen molar-refractivity contribution in [2.24, 2.45) is 0 Å². The van der Waals surface area contributed by atoms with Crippen molar-refractivity contribution in [3.05, 3.63) is 24.0 Å². The molecule has 1 heterocycles. The summed E-state index contributed by atoms with van der Waals surface area (Å²) in [4.78, 5) is 4.24. The third-order valence-corrected chi connectivity index (χ3v) is 2.78. The Bertz CT molecular complexity index is 261. The quantitative estimate of drug-likeness (QED) is 0.554. The van der Waals surface area contributed by atoms with Gasteiger partial charge in [-0.1, -0.05) is 42.1 Å². The monoisotopic (exact) mass is 271 g/mol. The molecular formula is C12H18BrNO. The van der Waals surface area contributed by atoms with Gasteiger partial charge in [-0.2, -0.15) is 0 Å².